The number of methoxy groups -OCH3 is 1. The maximum atomic E-state index is 13.1. The van der Waals surface area contributed by atoms with Gasteiger partial charge < -0.3 is 9.64 Å². The van der Waals surface area contributed by atoms with Crippen LogP contribution in [0, 0.1) is 11.3 Å². The standard InChI is InChI=1S/C19H19N3O3S/c1-21(2)13-16-15-10-11-22(17(15)8-9-18(16)25-3)26(23,24)19-7-5-4-6-14(19)12-20/h4-11H,13H2,1-3H3. The molecule has 0 aliphatic rings. The molecule has 1 aromatic heterocycles. The number of benzene rings is 2. The first-order valence-corrected chi connectivity index (χ1v) is 9.40. The van der Waals surface area contributed by atoms with Crippen LogP contribution < -0.4 is 4.74 Å². The minimum atomic E-state index is -3.89. The van der Waals surface area contributed by atoms with Gasteiger partial charge in [0.1, 0.15) is 16.7 Å². The highest BCUT2D eigenvalue weighted by atomic mass is 32.2. The Balaban J connectivity index is 2.26. The van der Waals surface area contributed by atoms with Crippen molar-refractivity contribution in [2.75, 3.05) is 21.2 Å². The average molecular weight is 369 g/mol. The lowest BCUT2D eigenvalue weighted by Gasteiger charge is -2.15. The van der Waals surface area contributed by atoms with E-state index in [4.69, 9.17) is 4.74 Å². The number of rotatable bonds is 5. The number of aromatic nitrogens is 1. The van der Waals surface area contributed by atoms with Crippen molar-refractivity contribution in [3.05, 3.63) is 59.8 Å². The molecule has 0 aliphatic heterocycles. The van der Waals surface area contributed by atoms with Crippen molar-refractivity contribution in [2.24, 2.45) is 0 Å². The van der Waals surface area contributed by atoms with E-state index in [9.17, 15) is 13.7 Å². The normalized spacial score (nSPS) is 11.7. The second-order valence-electron chi connectivity index (χ2n) is 6.14. The zero-order valence-corrected chi connectivity index (χ0v) is 15.6. The summed E-state index contributed by atoms with van der Waals surface area (Å²) in [6.45, 7) is 0.610. The second-order valence-corrected chi connectivity index (χ2v) is 7.92. The zero-order valence-electron chi connectivity index (χ0n) is 14.8. The number of ether oxygens (including phenoxy) is 1. The Morgan fingerprint density at radius 2 is 1.88 bits per heavy atom. The summed E-state index contributed by atoms with van der Waals surface area (Å²) in [5, 5.41) is 10.1. The summed E-state index contributed by atoms with van der Waals surface area (Å²) in [5.41, 5.74) is 1.59. The highest BCUT2D eigenvalue weighted by Gasteiger charge is 2.23. The molecular formula is C19H19N3O3S. The van der Waals surface area contributed by atoms with E-state index in [1.807, 2.05) is 25.1 Å². The predicted octanol–water partition coefficient (Wildman–Crippen LogP) is 2.82. The Morgan fingerprint density at radius 1 is 1.15 bits per heavy atom. The number of hydrogen-bond acceptors (Lipinski definition) is 5. The van der Waals surface area contributed by atoms with Gasteiger partial charge >= 0.3 is 0 Å². The van der Waals surface area contributed by atoms with E-state index in [1.165, 1.54) is 22.3 Å². The Labute approximate surface area is 152 Å². The SMILES string of the molecule is COc1ccc2c(ccn2S(=O)(=O)c2ccccc2C#N)c1CN(C)C. The molecule has 1 heterocycles. The van der Waals surface area contributed by atoms with Crippen molar-refractivity contribution in [2.45, 2.75) is 11.4 Å². The molecule has 0 fully saturated rings. The van der Waals surface area contributed by atoms with Crippen molar-refractivity contribution in [1.82, 2.24) is 8.87 Å². The van der Waals surface area contributed by atoms with E-state index >= 15 is 0 Å². The quantitative estimate of drug-likeness (QED) is 0.691. The third-order valence-electron chi connectivity index (χ3n) is 4.14. The molecule has 0 amide bonds. The molecule has 0 N–H and O–H groups in total. The fourth-order valence-electron chi connectivity index (χ4n) is 3.00. The number of nitriles is 1. The first-order chi connectivity index (χ1) is 12.4. The van der Waals surface area contributed by atoms with E-state index in [1.54, 1.807) is 37.4 Å². The molecule has 0 atom stereocenters. The van der Waals surface area contributed by atoms with Crippen LogP contribution in [0.5, 0.6) is 5.75 Å². The van der Waals surface area contributed by atoms with E-state index < -0.39 is 10.0 Å². The Kier molecular flexibility index (Phi) is 4.72. The van der Waals surface area contributed by atoms with Gasteiger partial charge in [-0.2, -0.15) is 5.26 Å². The van der Waals surface area contributed by atoms with Crippen LogP contribution in [0.25, 0.3) is 10.9 Å². The Morgan fingerprint density at radius 3 is 2.54 bits per heavy atom. The van der Waals surface area contributed by atoms with Gasteiger partial charge in [-0.15, -0.1) is 0 Å². The van der Waals surface area contributed by atoms with Crippen molar-refractivity contribution in [3.63, 3.8) is 0 Å². The molecule has 7 heteroatoms. The molecule has 0 bridgehead atoms. The van der Waals surface area contributed by atoms with E-state index in [0.717, 1.165) is 10.9 Å². The molecule has 26 heavy (non-hydrogen) atoms. The Bertz CT molecular complexity index is 1110. The average Bonchev–Trinajstić information content (AvgIpc) is 3.07. The largest absolute Gasteiger partial charge is 0.496 e. The third-order valence-corrected chi connectivity index (χ3v) is 5.89. The summed E-state index contributed by atoms with van der Waals surface area (Å²) < 4.78 is 33.0. The van der Waals surface area contributed by atoms with E-state index in [-0.39, 0.29) is 10.5 Å². The summed E-state index contributed by atoms with van der Waals surface area (Å²) in [4.78, 5) is 1.98. The van der Waals surface area contributed by atoms with Gasteiger partial charge in [0.15, 0.2) is 0 Å². The van der Waals surface area contributed by atoms with Crippen LogP contribution in [0.3, 0.4) is 0 Å². The highest BCUT2D eigenvalue weighted by Crippen LogP contribution is 2.32. The van der Waals surface area contributed by atoms with Gasteiger partial charge in [0, 0.05) is 23.7 Å². The van der Waals surface area contributed by atoms with Crippen LogP contribution in [0.2, 0.25) is 0 Å². The van der Waals surface area contributed by atoms with Crippen LogP contribution >= 0.6 is 0 Å². The molecule has 6 nitrogen and oxygen atoms in total. The van der Waals surface area contributed by atoms with E-state index in [0.29, 0.717) is 17.8 Å². The smallest absolute Gasteiger partial charge is 0.269 e. The van der Waals surface area contributed by atoms with Crippen LogP contribution in [0.1, 0.15) is 11.1 Å². The molecular weight excluding hydrogens is 350 g/mol. The van der Waals surface area contributed by atoms with Crippen LogP contribution in [-0.2, 0) is 16.6 Å². The van der Waals surface area contributed by atoms with Gasteiger partial charge in [-0.05, 0) is 44.4 Å². The molecule has 0 saturated carbocycles. The van der Waals surface area contributed by atoms with Gasteiger partial charge in [-0.1, -0.05) is 12.1 Å². The highest BCUT2D eigenvalue weighted by molar-refractivity contribution is 7.90. The first-order valence-electron chi connectivity index (χ1n) is 7.96. The summed E-state index contributed by atoms with van der Waals surface area (Å²) >= 11 is 0. The van der Waals surface area contributed by atoms with E-state index in [2.05, 4.69) is 0 Å². The Hall–Kier alpha value is -2.82. The van der Waals surface area contributed by atoms with Crippen LogP contribution in [0.4, 0.5) is 0 Å². The second kappa shape index (κ2) is 6.83. The van der Waals surface area contributed by atoms with Gasteiger partial charge in [0.25, 0.3) is 10.0 Å². The van der Waals surface area contributed by atoms with Crippen LogP contribution in [-0.4, -0.2) is 38.5 Å². The molecule has 3 rings (SSSR count). The molecule has 0 aliphatic carbocycles. The molecule has 0 radical (unpaired) electrons. The van der Waals surface area contributed by atoms with Gasteiger partial charge in [-0.25, -0.2) is 12.4 Å². The number of hydrogen-bond donors (Lipinski definition) is 0. The fraction of sp³-hybridized carbons (Fsp3) is 0.211. The molecule has 0 spiro atoms. The maximum absolute atomic E-state index is 13.1. The topological polar surface area (TPSA) is 75.3 Å². The van der Waals surface area contributed by atoms with Crippen molar-refractivity contribution in [3.8, 4) is 11.8 Å². The molecule has 0 saturated heterocycles. The number of fused-ring (bicyclic) bond motifs is 1. The van der Waals surface area contributed by atoms with Crippen LogP contribution in [0.15, 0.2) is 53.6 Å². The van der Waals surface area contributed by atoms with Gasteiger partial charge in [0.2, 0.25) is 0 Å². The number of nitrogens with zero attached hydrogens (tertiary/aromatic N) is 3. The third kappa shape index (κ3) is 2.94. The van der Waals surface area contributed by atoms with Gasteiger partial charge in [-0.3, -0.25) is 0 Å². The summed E-state index contributed by atoms with van der Waals surface area (Å²) in [6.07, 6.45) is 1.52. The van der Waals surface area contributed by atoms with Gasteiger partial charge in [0.05, 0.1) is 18.2 Å². The zero-order chi connectivity index (χ0) is 18.9. The van der Waals surface area contributed by atoms with Crippen molar-refractivity contribution < 1.29 is 13.2 Å². The lowest BCUT2D eigenvalue weighted by Crippen LogP contribution is -2.14. The summed E-state index contributed by atoms with van der Waals surface area (Å²) in [5.74, 6) is 0.707. The summed E-state index contributed by atoms with van der Waals surface area (Å²) in [7, 11) is 1.58. The lowest BCUT2D eigenvalue weighted by molar-refractivity contribution is 0.374. The molecule has 0 unspecified atom stereocenters. The van der Waals surface area contributed by atoms with Crippen molar-refractivity contribution >= 4 is 20.9 Å². The molecule has 2 aromatic carbocycles. The monoisotopic (exact) mass is 369 g/mol. The maximum Gasteiger partial charge on any atom is 0.269 e. The molecule has 134 valence electrons. The minimum absolute atomic E-state index is 0.00928. The fourth-order valence-corrected chi connectivity index (χ4v) is 4.50. The predicted molar refractivity (Wildman–Crippen MR) is 99.6 cm³/mol. The first kappa shape index (κ1) is 18.0. The minimum Gasteiger partial charge on any atom is -0.496 e. The summed E-state index contributed by atoms with van der Waals surface area (Å²) in [6, 6.07) is 13.4. The molecule has 3 aromatic rings. The van der Waals surface area contributed by atoms with Crippen molar-refractivity contribution in [1.29, 1.82) is 5.26 Å². The lowest BCUT2D eigenvalue weighted by atomic mass is 10.1.